The lowest BCUT2D eigenvalue weighted by atomic mass is 10.2. The highest BCUT2D eigenvalue weighted by molar-refractivity contribution is 9.10. The Labute approximate surface area is 106 Å². The molecule has 88 valence electrons. The summed E-state index contributed by atoms with van der Waals surface area (Å²) in [5.41, 5.74) is 1.66. The predicted octanol–water partition coefficient (Wildman–Crippen LogP) is 2.70. The highest BCUT2D eigenvalue weighted by atomic mass is 79.9. The molecule has 5 nitrogen and oxygen atoms in total. The van der Waals surface area contributed by atoms with Crippen LogP contribution in [0, 0.1) is 13.8 Å². The third-order valence-electron chi connectivity index (χ3n) is 2.16. The van der Waals surface area contributed by atoms with Gasteiger partial charge < -0.3 is 9.73 Å². The minimum Gasteiger partial charge on any atom is -0.417 e. The lowest BCUT2D eigenvalue weighted by Gasteiger charge is -2.06. The summed E-state index contributed by atoms with van der Waals surface area (Å²) in [5.74, 6) is -0.0801. The monoisotopic (exact) mass is 295 g/mol. The van der Waals surface area contributed by atoms with Crippen molar-refractivity contribution in [3.05, 3.63) is 40.0 Å². The van der Waals surface area contributed by atoms with Gasteiger partial charge in [0.1, 0.15) is 0 Å². The van der Waals surface area contributed by atoms with Crippen LogP contribution in [0.3, 0.4) is 0 Å². The number of carbonyl (C=O) groups excluding carboxylic acids is 1. The predicted molar refractivity (Wildman–Crippen MR) is 65.9 cm³/mol. The number of amides is 1. The molecule has 0 bridgehead atoms. The number of rotatable bonds is 2. The van der Waals surface area contributed by atoms with Gasteiger partial charge in [0.25, 0.3) is 0 Å². The SMILES string of the molecule is Cc1nnc(C(=O)Nc2ccc(Br)cc2C)o1. The number of aromatic nitrogens is 2. The highest BCUT2D eigenvalue weighted by Gasteiger charge is 2.14. The van der Waals surface area contributed by atoms with E-state index < -0.39 is 5.91 Å². The Hall–Kier alpha value is -1.69. The second kappa shape index (κ2) is 4.67. The van der Waals surface area contributed by atoms with Crippen molar-refractivity contribution >= 4 is 27.5 Å². The Kier molecular flexibility index (Phi) is 3.23. The van der Waals surface area contributed by atoms with E-state index >= 15 is 0 Å². The van der Waals surface area contributed by atoms with Crippen LogP contribution in [-0.2, 0) is 0 Å². The van der Waals surface area contributed by atoms with Crippen LogP contribution in [0.5, 0.6) is 0 Å². The minimum atomic E-state index is -0.406. The van der Waals surface area contributed by atoms with E-state index in [1.165, 1.54) is 0 Å². The van der Waals surface area contributed by atoms with E-state index in [-0.39, 0.29) is 5.89 Å². The second-order valence-electron chi connectivity index (χ2n) is 3.54. The lowest BCUT2D eigenvalue weighted by Crippen LogP contribution is -2.13. The molecule has 0 saturated heterocycles. The quantitative estimate of drug-likeness (QED) is 0.925. The zero-order chi connectivity index (χ0) is 12.4. The Bertz CT molecular complexity index is 566. The van der Waals surface area contributed by atoms with Crippen LogP contribution in [0.2, 0.25) is 0 Å². The van der Waals surface area contributed by atoms with E-state index in [0.29, 0.717) is 11.6 Å². The summed E-state index contributed by atoms with van der Waals surface area (Å²) in [6, 6.07) is 5.57. The zero-order valence-corrected chi connectivity index (χ0v) is 10.9. The topological polar surface area (TPSA) is 68.0 Å². The Morgan fingerprint density at radius 1 is 1.35 bits per heavy atom. The summed E-state index contributed by atoms with van der Waals surface area (Å²) in [6.07, 6.45) is 0. The van der Waals surface area contributed by atoms with Crippen molar-refractivity contribution in [3.8, 4) is 0 Å². The van der Waals surface area contributed by atoms with Crippen molar-refractivity contribution in [1.82, 2.24) is 10.2 Å². The van der Waals surface area contributed by atoms with E-state index in [1.807, 2.05) is 19.1 Å². The van der Waals surface area contributed by atoms with Gasteiger partial charge in [-0.3, -0.25) is 4.79 Å². The standard InChI is InChI=1S/C11H10BrN3O2/c1-6-5-8(12)3-4-9(6)13-10(16)11-15-14-7(2)17-11/h3-5H,1-2H3,(H,13,16). The summed E-state index contributed by atoms with van der Waals surface area (Å²) in [4.78, 5) is 11.7. The van der Waals surface area contributed by atoms with E-state index in [4.69, 9.17) is 4.42 Å². The number of anilines is 1. The number of benzene rings is 1. The fraction of sp³-hybridized carbons (Fsp3) is 0.182. The van der Waals surface area contributed by atoms with Gasteiger partial charge in [-0.25, -0.2) is 0 Å². The largest absolute Gasteiger partial charge is 0.417 e. The molecule has 2 aromatic rings. The second-order valence-corrected chi connectivity index (χ2v) is 4.46. The molecule has 0 spiro atoms. The van der Waals surface area contributed by atoms with Gasteiger partial charge in [0, 0.05) is 17.1 Å². The molecule has 0 aliphatic carbocycles. The molecule has 0 fully saturated rings. The molecule has 2 rings (SSSR count). The van der Waals surface area contributed by atoms with Crippen molar-refractivity contribution in [2.24, 2.45) is 0 Å². The zero-order valence-electron chi connectivity index (χ0n) is 9.32. The van der Waals surface area contributed by atoms with Crippen LogP contribution in [0.1, 0.15) is 22.1 Å². The maximum Gasteiger partial charge on any atom is 0.313 e. The van der Waals surface area contributed by atoms with E-state index in [9.17, 15) is 4.79 Å². The van der Waals surface area contributed by atoms with Crippen LogP contribution in [-0.4, -0.2) is 16.1 Å². The van der Waals surface area contributed by atoms with Gasteiger partial charge in [0.15, 0.2) is 0 Å². The van der Waals surface area contributed by atoms with Crippen LogP contribution in [0.25, 0.3) is 0 Å². The Morgan fingerprint density at radius 2 is 2.12 bits per heavy atom. The average molecular weight is 296 g/mol. The molecular weight excluding hydrogens is 286 g/mol. The molecule has 0 aliphatic rings. The van der Waals surface area contributed by atoms with Gasteiger partial charge >= 0.3 is 11.8 Å². The molecule has 1 heterocycles. The van der Waals surface area contributed by atoms with E-state index in [2.05, 4.69) is 31.4 Å². The first-order valence-corrected chi connectivity index (χ1v) is 5.73. The fourth-order valence-electron chi connectivity index (χ4n) is 1.33. The molecule has 1 aromatic carbocycles. The number of nitrogens with one attached hydrogen (secondary N) is 1. The Morgan fingerprint density at radius 3 is 2.71 bits per heavy atom. The summed E-state index contributed by atoms with van der Waals surface area (Å²) in [7, 11) is 0. The van der Waals surface area contributed by atoms with Crippen LogP contribution in [0.4, 0.5) is 5.69 Å². The van der Waals surface area contributed by atoms with Gasteiger partial charge in [-0.1, -0.05) is 15.9 Å². The van der Waals surface area contributed by atoms with Crippen molar-refractivity contribution in [3.63, 3.8) is 0 Å². The summed E-state index contributed by atoms with van der Waals surface area (Å²) in [5, 5.41) is 9.96. The number of halogens is 1. The maximum atomic E-state index is 11.7. The molecular formula is C11H10BrN3O2. The average Bonchev–Trinajstić information content (AvgIpc) is 2.69. The van der Waals surface area contributed by atoms with Gasteiger partial charge in [0.05, 0.1) is 0 Å². The van der Waals surface area contributed by atoms with Gasteiger partial charge in [-0.15, -0.1) is 10.2 Å². The van der Waals surface area contributed by atoms with Crippen LogP contribution >= 0.6 is 15.9 Å². The van der Waals surface area contributed by atoms with Crippen molar-refractivity contribution in [1.29, 1.82) is 0 Å². The third-order valence-corrected chi connectivity index (χ3v) is 2.65. The van der Waals surface area contributed by atoms with Gasteiger partial charge in [-0.05, 0) is 30.7 Å². The molecule has 0 aliphatic heterocycles. The molecule has 1 amide bonds. The van der Waals surface area contributed by atoms with E-state index in [0.717, 1.165) is 10.0 Å². The number of hydrogen-bond acceptors (Lipinski definition) is 4. The lowest BCUT2D eigenvalue weighted by molar-refractivity contribution is 0.0989. The summed E-state index contributed by atoms with van der Waals surface area (Å²) >= 11 is 3.36. The molecule has 1 aromatic heterocycles. The maximum absolute atomic E-state index is 11.7. The molecule has 17 heavy (non-hydrogen) atoms. The highest BCUT2D eigenvalue weighted by Crippen LogP contribution is 2.20. The fourth-order valence-corrected chi connectivity index (χ4v) is 1.81. The van der Waals surface area contributed by atoms with Crippen molar-refractivity contribution < 1.29 is 9.21 Å². The van der Waals surface area contributed by atoms with E-state index in [1.54, 1.807) is 13.0 Å². The van der Waals surface area contributed by atoms with Crippen molar-refractivity contribution in [2.45, 2.75) is 13.8 Å². The first-order chi connectivity index (χ1) is 8.06. The number of aryl methyl sites for hydroxylation is 2. The molecule has 0 atom stereocenters. The Balaban J connectivity index is 2.18. The normalized spacial score (nSPS) is 10.3. The molecule has 6 heteroatoms. The number of nitrogens with zero attached hydrogens (tertiary/aromatic N) is 2. The van der Waals surface area contributed by atoms with Gasteiger partial charge in [-0.2, -0.15) is 0 Å². The first kappa shape index (κ1) is 11.8. The molecule has 0 radical (unpaired) electrons. The van der Waals surface area contributed by atoms with Gasteiger partial charge in [0.2, 0.25) is 5.89 Å². The third kappa shape index (κ3) is 2.71. The summed E-state index contributed by atoms with van der Waals surface area (Å²) < 4.78 is 6.00. The minimum absolute atomic E-state index is 0.0372. The number of hydrogen-bond donors (Lipinski definition) is 1. The molecule has 1 N–H and O–H groups in total. The smallest absolute Gasteiger partial charge is 0.313 e. The number of carbonyl (C=O) groups is 1. The van der Waals surface area contributed by atoms with Crippen LogP contribution < -0.4 is 5.32 Å². The first-order valence-electron chi connectivity index (χ1n) is 4.94. The molecule has 0 unspecified atom stereocenters. The van der Waals surface area contributed by atoms with Crippen LogP contribution in [0.15, 0.2) is 27.1 Å². The molecule has 0 saturated carbocycles. The summed E-state index contributed by atoms with van der Waals surface area (Å²) in [6.45, 7) is 3.54. The van der Waals surface area contributed by atoms with Crippen molar-refractivity contribution in [2.75, 3.05) is 5.32 Å².